The van der Waals surface area contributed by atoms with Gasteiger partial charge in [0.15, 0.2) is 5.51 Å². The van der Waals surface area contributed by atoms with Crippen LogP contribution in [0.15, 0.2) is 24.3 Å². The Morgan fingerprint density at radius 3 is 2.47 bits per heavy atom. The van der Waals surface area contributed by atoms with Crippen LogP contribution in [-0.4, -0.2) is 10.2 Å². The second kappa shape index (κ2) is 4.96. The second-order valence-electron chi connectivity index (χ2n) is 4.66. The van der Waals surface area contributed by atoms with Crippen LogP contribution >= 0.6 is 11.3 Å². The van der Waals surface area contributed by atoms with E-state index in [2.05, 4.69) is 40.0 Å². The first-order valence-electron chi connectivity index (χ1n) is 6.23. The van der Waals surface area contributed by atoms with Crippen molar-refractivity contribution in [3.05, 3.63) is 35.3 Å². The van der Waals surface area contributed by atoms with E-state index >= 15 is 0 Å². The largest absolute Gasteiger partial charge is 0.178 e. The van der Waals surface area contributed by atoms with E-state index in [1.54, 1.807) is 0 Å². The third-order valence-corrected chi connectivity index (χ3v) is 4.24. The molecule has 2 nitrogen and oxygen atoms in total. The minimum atomic E-state index is 0.777. The van der Waals surface area contributed by atoms with Crippen LogP contribution in [0.25, 0.3) is 10.6 Å². The summed E-state index contributed by atoms with van der Waals surface area (Å²) in [5.74, 6) is 0.777. The molecular formula is C14H15N2S. The summed E-state index contributed by atoms with van der Waals surface area (Å²) in [6.45, 7) is 0. The van der Waals surface area contributed by atoms with Crippen LogP contribution in [0.3, 0.4) is 0 Å². The average Bonchev–Trinajstić information content (AvgIpc) is 2.94. The predicted octanol–water partition coefficient (Wildman–Crippen LogP) is 4.05. The summed E-state index contributed by atoms with van der Waals surface area (Å²) in [7, 11) is 0. The molecular weight excluding hydrogens is 228 g/mol. The Kier molecular flexibility index (Phi) is 3.18. The van der Waals surface area contributed by atoms with Crippen LogP contribution in [0.2, 0.25) is 0 Å². The normalized spacial score (nSPS) is 17.2. The van der Waals surface area contributed by atoms with Crippen LogP contribution in [0.4, 0.5) is 0 Å². The van der Waals surface area contributed by atoms with E-state index in [-0.39, 0.29) is 0 Å². The van der Waals surface area contributed by atoms with Crippen molar-refractivity contribution in [2.75, 3.05) is 0 Å². The van der Waals surface area contributed by atoms with E-state index in [4.69, 9.17) is 0 Å². The number of hydrogen-bond donors (Lipinski definition) is 0. The lowest BCUT2D eigenvalue weighted by molar-refractivity contribution is 0.443. The summed E-state index contributed by atoms with van der Waals surface area (Å²) in [6.07, 6.45) is 6.89. The van der Waals surface area contributed by atoms with Crippen LogP contribution in [-0.2, 0) is 0 Å². The number of hydrogen-bond acceptors (Lipinski definition) is 3. The summed E-state index contributed by atoms with van der Waals surface area (Å²) >= 11 is 1.47. The predicted molar refractivity (Wildman–Crippen MR) is 70.0 cm³/mol. The lowest BCUT2D eigenvalue weighted by Crippen LogP contribution is -2.04. The molecule has 0 bridgehead atoms. The quantitative estimate of drug-likeness (QED) is 0.795. The first-order valence-corrected chi connectivity index (χ1v) is 7.05. The fraction of sp³-hybridized carbons (Fsp3) is 0.429. The molecule has 1 aromatic carbocycles. The van der Waals surface area contributed by atoms with Crippen molar-refractivity contribution in [2.24, 2.45) is 0 Å². The highest BCUT2D eigenvalue weighted by Gasteiger charge is 2.15. The van der Waals surface area contributed by atoms with Gasteiger partial charge < -0.3 is 0 Å². The first-order chi connectivity index (χ1) is 8.43. The maximum absolute atomic E-state index is 4.04. The van der Waals surface area contributed by atoms with E-state index in [1.807, 2.05) is 0 Å². The summed E-state index contributed by atoms with van der Waals surface area (Å²) in [4.78, 5) is 0. The third kappa shape index (κ3) is 2.39. The third-order valence-electron chi connectivity index (χ3n) is 3.56. The van der Waals surface area contributed by atoms with Gasteiger partial charge in [0.1, 0.15) is 5.01 Å². The summed E-state index contributed by atoms with van der Waals surface area (Å²) in [5.41, 5.74) is 5.43. The second-order valence-corrected chi connectivity index (χ2v) is 5.43. The molecule has 0 unspecified atom stereocenters. The molecule has 0 atom stereocenters. The fourth-order valence-corrected chi connectivity index (χ4v) is 3.10. The van der Waals surface area contributed by atoms with Gasteiger partial charge in [-0.15, -0.1) is 10.2 Å². The highest BCUT2D eigenvalue weighted by molar-refractivity contribution is 7.12. The van der Waals surface area contributed by atoms with Gasteiger partial charge in [-0.1, -0.05) is 54.9 Å². The molecule has 1 radical (unpaired) electrons. The van der Waals surface area contributed by atoms with Gasteiger partial charge in [-0.2, -0.15) is 0 Å². The number of nitrogens with zero attached hydrogens (tertiary/aromatic N) is 2. The molecule has 87 valence electrons. The maximum Gasteiger partial charge on any atom is 0.178 e. The average molecular weight is 243 g/mol. The lowest BCUT2D eigenvalue weighted by Gasteiger charge is -2.21. The van der Waals surface area contributed by atoms with Crippen molar-refractivity contribution in [3.8, 4) is 10.6 Å². The molecule has 0 saturated heterocycles. The summed E-state index contributed by atoms with van der Waals surface area (Å²) < 4.78 is 0. The zero-order valence-corrected chi connectivity index (χ0v) is 10.5. The molecule has 1 aromatic heterocycles. The SMILES string of the molecule is [c]1nnc(-c2ccc(C3CCCCC3)cc2)s1. The smallest absolute Gasteiger partial charge is 0.138 e. The van der Waals surface area contributed by atoms with Crippen molar-refractivity contribution in [1.82, 2.24) is 10.2 Å². The molecule has 3 rings (SSSR count). The van der Waals surface area contributed by atoms with Crippen LogP contribution < -0.4 is 0 Å². The van der Waals surface area contributed by atoms with Gasteiger partial charge in [-0.25, -0.2) is 0 Å². The van der Waals surface area contributed by atoms with Gasteiger partial charge in [0.05, 0.1) is 0 Å². The highest BCUT2D eigenvalue weighted by atomic mass is 32.1. The van der Waals surface area contributed by atoms with Gasteiger partial charge in [0.2, 0.25) is 0 Å². The summed E-state index contributed by atoms with van der Waals surface area (Å²) in [6, 6.07) is 8.84. The molecule has 0 spiro atoms. The van der Waals surface area contributed by atoms with E-state index in [1.165, 1.54) is 49.0 Å². The Labute approximate surface area is 106 Å². The molecule has 0 N–H and O–H groups in total. The molecule has 17 heavy (non-hydrogen) atoms. The summed E-state index contributed by atoms with van der Waals surface area (Å²) in [5, 5.41) is 8.75. The number of benzene rings is 1. The standard InChI is InChI=1S/C14H15N2S/c1-2-4-11(5-3-1)12-6-8-13(9-7-12)14-16-15-10-17-14/h6-9,11H,1-5H2. The van der Waals surface area contributed by atoms with Crippen LogP contribution in [0, 0.1) is 5.51 Å². The fourth-order valence-electron chi connectivity index (χ4n) is 2.60. The molecule has 3 heteroatoms. The Morgan fingerprint density at radius 1 is 1.06 bits per heavy atom. The van der Waals surface area contributed by atoms with Crippen molar-refractivity contribution < 1.29 is 0 Å². The van der Waals surface area contributed by atoms with Crippen molar-refractivity contribution >= 4 is 11.3 Å². The first kappa shape index (κ1) is 10.9. The molecule has 1 aliphatic carbocycles. The Balaban J connectivity index is 1.80. The van der Waals surface area contributed by atoms with Crippen molar-refractivity contribution in [2.45, 2.75) is 38.0 Å². The molecule has 2 aromatic rings. The van der Waals surface area contributed by atoms with Gasteiger partial charge in [-0.3, -0.25) is 0 Å². The van der Waals surface area contributed by atoms with Gasteiger partial charge in [0, 0.05) is 5.56 Å². The Hall–Kier alpha value is -1.22. The van der Waals surface area contributed by atoms with Crippen molar-refractivity contribution in [3.63, 3.8) is 0 Å². The topological polar surface area (TPSA) is 25.8 Å². The van der Waals surface area contributed by atoms with Gasteiger partial charge in [0.25, 0.3) is 0 Å². The minimum Gasteiger partial charge on any atom is -0.138 e. The van der Waals surface area contributed by atoms with Gasteiger partial charge in [-0.05, 0) is 24.3 Å². The zero-order valence-electron chi connectivity index (χ0n) is 9.72. The Bertz CT molecular complexity index is 455. The monoisotopic (exact) mass is 243 g/mol. The van der Waals surface area contributed by atoms with E-state index in [9.17, 15) is 0 Å². The number of rotatable bonds is 2. The molecule has 0 amide bonds. The van der Waals surface area contributed by atoms with Gasteiger partial charge >= 0.3 is 0 Å². The Morgan fingerprint density at radius 2 is 1.82 bits per heavy atom. The van der Waals surface area contributed by atoms with E-state index in [0.29, 0.717) is 0 Å². The highest BCUT2D eigenvalue weighted by Crippen LogP contribution is 2.33. The zero-order chi connectivity index (χ0) is 11.5. The number of aromatic nitrogens is 2. The molecule has 0 aliphatic heterocycles. The maximum atomic E-state index is 4.04. The van der Waals surface area contributed by atoms with Crippen LogP contribution in [0.1, 0.15) is 43.6 Å². The van der Waals surface area contributed by atoms with Crippen LogP contribution in [0.5, 0.6) is 0 Å². The minimum absolute atomic E-state index is 0.777. The molecule has 1 saturated carbocycles. The van der Waals surface area contributed by atoms with Crippen molar-refractivity contribution in [1.29, 1.82) is 0 Å². The lowest BCUT2D eigenvalue weighted by atomic mass is 9.84. The molecule has 1 fully saturated rings. The van der Waals surface area contributed by atoms with E-state index < -0.39 is 0 Å². The van der Waals surface area contributed by atoms with E-state index in [0.717, 1.165) is 16.5 Å². The molecule has 1 heterocycles. The molecule has 1 aliphatic rings.